The Labute approximate surface area is 250 Å². The van der Waals surface area contributed by atoms with Gasteiger partial charge in [0.1, 0.15) is 30.3 Å². The van der Waals surface area contributed by atoms with Gasteiger partial charge in [-0.25, -0.2) is 9.69 Å². The molecule has 0 bridgehead atoms. The molecule has 0 spiro atoms. The van der Waals surface area contributed by atoms with Gasteiger partial charge in [0.05, 0.1) is 15.7 Å². The van der Waals surface area contributed by atoms with E-state index in [2.05, 4.69) is 5.32 Å². The first-order chi connectivity index (χ1) is 19.8. The van der Waals surface area contributed by atoms with Gasteiger partial charge in [-0.1, -0.05) is 71.2 Å². The lowest BCUT2D eigenvalue weighted by atomic mass is 10.1. The van der Waals surface area contributed by atoms with Crippen LogP contribution in [0.15, 0.2) is 96.6 Å². The van der Waals surface area contributed by atoms with Crippen molar-refractivity contribution in [2.24, 2.45) is 0 Å². The summed E-state index contributed by atoms with van der Waals surface area (Å²) in [6, 6.07) is 24.9. The smallest absolute Gasteiger partial charge is 0.335 e. The number of nitrogens with zero attached hydrogens (tertiary/aromatic N) is 1. The van der Waals surface area contributed by atoms with Crippen molar-refractivity contribution in [3.05, 3.63) is 128 Å². The predicted octanol–water partition coefficient (Wildman–Crippen LogP) is 7.47. The number of barbiturate groups is 1. The number of rotatable bonds is 8. The maximum absolute atomic E-state index is 13.4. The molecule has 1 aliphatic heterocycles. The van der Waals surface area contributed by atoms with E-state index in [1.807, 2.05) is 12.1 Å². The number of para-hydroxylation sites is 1. The van der Waals surface area contributed by atoms with Crippen LogP contribution in [-0.2, 0) is 22.8 Å². The lowest BCUT2D eigenvalue weighted by Crippen LogP contribution is -2.54. The van der Waals surface area contributed by atoms with Gasteiger partial charge >= 0.3 is 6.03 Å². The summed E-state index contributed by atoms with van der Waals surface area (Å²) >= 11 is 18.0. The lowest BCUT2D eigenvalue weighted by molar-refractivity contribution is -0.122. The number of hydrogen-bond donors (Lipinski definition) is 1. The van der Waals surface area contributed by atoms with E-state index in [9.17, 15) is 14.4 Å². The first kappa shape index (κ1) is 28.2. The quantitative estimate of drug-likeness (QED) is 0.166. The van der Waals surface area contributed by atoms with Crippen molar-refractivity contribution in [3.63, 3.8) is 0 Å². The molecule has 206 valence electrons. The summed E-state index contributed by atoms with van der Waals surface area (Å²) in [5, 5.41) is 3.70. The van der Waals surface area contributed by atoms with Crippen molar-refractivity contribution in [2.45, 2.75) is 13.2 Å². The Bertz CT molecular complexity index is 1650. The second-order valence-electron chi connectivity index (χ2n) is 8.94. The van der Waals surface area contributed by atoms with Gasteiger partial charge in [-0.15, -0.1) is 0 Å². The van der Waals surface area contributed by atoms with Crippen molar-refractivity contribution >= 4 is 64.4 Å². The normalized spacial score (nSPS) is 14.3. The van der Waals surface area contributed by atoms with E-state index in [1.54, 1.807) is 78.9 Å². The Morgan fingerprint density at radius 1 is 0.732 bits per heavy atom. The van der Waals surface area contributed by atoms with Gasteiger partial charge in [-0.3, -0.25) is 14.9 Å². The van der Waals surface area contributed by atoms with E-state index >= 15 is 0 Å². The highest BCUT2D eigenvalue weighted by atomic mass is 35.5. The predicted molar refractivity (Wildman–Crippen MR) is 158 cm³/mol. The van der Waals surface area contributed by atoms with E-state index in [-0.39, 0.29) is 17.9 Å². The molecular formula is C31H21Cl3N2O5. The molecule has 1 saturated heterocycles. The highest BCUT2D eigenvalue weighted by Crippen LogP contribution is 2.28. The molecule has 0 radical (unpaired) electrons. The minimum Gasteiger partial charge on any atom is -0.489 e. The van der Waals surface area contributed by atoms with Crippen LogP contribution in [0.4, 0.5) is 10.5 Å². The average Bonchev–Trinajstić information content (AvgIpc) is 2.96. The van der Waals surface area contributed by atoms with Crippen LogP contribution in [0.25, 0.3) is 6.08 Å². The first-order valence-electron chi connectivity index (χ1n) is 12.3. The maximum Gasteiger partial charge on any atom is 0.335 e. The number of benzene rings is 4. The van der Waals surface area contributed by atoms with Gasteiger partial charge in [0.15, 0.2) is 0 Å². The van der Waals surface area contributed by atoms with Crippen molar-refractivity contribution in [2.75, 3.05) is 4.90 Å². The number of amides is 4. The Kier molecular flexibility index (Phi) is 8.59. The van der Waals surface area contributed by atoms with Gasteiger partial charge in [0.2, 0.25) is 0 Å². The van der Waals surface area contributed by atoms with E-state index in [0.29, 0.717) is 38.7 Å². The number of carbonyl (C=O) groups excluding carboxylic acids is 3. The van der Waals surface area contributed by atoms with Crippen molar-refractivity contribution in [1.29, 1.82) is 0 Å². The summed E-state index contributed by atoms with van der Waals surface area (Å²) in [5.74, 6) is -0.614. The molecule has 5 rings (SSSR count). The minimum atomic E-state index is -0.851. The van der Waals surface area contributed by atoms with Crippen LogP contribution in [0.1, 0.15) is 16.7 Å². The number of imide groups is 2. The zero-order valence-electron chi connectivity index (χ0n) is 21.3. The van der Waals surface area contributed by atoms with Crippen LogP contribution >= 0.6 is 34.8 Å². The van der Waals surface area contributed by atoms with Gasteiger partial charge < -0.3 is 9.47 Å². The van der Waals surface area contributed by atoms with E-state index in [0.717, 1.165) is 16.0 Å². The fourth-order valence-electron chi connectivity index (χ4n) is 4.01. The molecule has 4 aromatic rings. The van der Waals surface area contributed by atoms with E-state index in [1.165, 1.54) is 6.08 Å². The summed E-state index contributed by atoms with van der Waals surface area (Å²) < 4.78 is 11.7. The minimum absolute atomic E-state index is 0.175. The number of nitrogens with one attached hydrogen (secondary N) is 1. The number of hydrogen-bond acceptors (Lipinski definition) is 5. The molecule has 10 heteroatoms. The molecule has 4 amide bonds. The lowest BCUT2D eigenvalue weighted by Gasteiger charge is -2.26. The molecule has 7 nitrogen and oxygen atoms in total. The molecule has 41 heavy (non-hydrogen) atoms. The van der Waals surface area contributed by atoms with Crippen LogP contribution < -0.4 is 19.7 Å². The fraction of sp³-hybridized carbons (Fsp3) is 0.0645. The molecule has 0 unspecified atom stereocenters. The SMILES string of the molecule is O=C1NC(=O)N(c2ccc(OCc3ccc(Cl)cc3)cc2)C(=O)/C1=C/c1ccccc1OCc1ccc(Cl)c(Cl)c1. The van der Waals surface area contributed by atoms with Gasteiger partial charge in [0.25, 0.3) is 11.8 Å². The molecule has 0 aromatic heterocycles. The first-order valence-corrected chi connectivity index (χ1v) is 13.5. The Morgan fingerprint density at radius 3 is 2.15 bits per heavy atom. The van der Waals surface area contributed by atoms with Gasteiger partial charge in [-0.05, 0) is 71.8 Å². The fourth-order valence-corrected chi connectivity index (χ4v) is 4.45. The van der Waals surface area contributed by atoms with Crippen LogP contribution in [0.5, 0.6) is 11.5 Å². The van der Waals surface area contributed by atoms with Crippen molar-refractivity contribution in [1.82, 2.24) is 5.32 Å². The molecule has 1 aliphatic rings. The van der Waals surface area contributed by atoms with Crippen LogP contribution in [0, 0.1) is 0 Å². The zero-order valence-corrected chi connectivity index (χ0v) is 23.5. The highest BCUT2D eigenvalue weighted by Gasteiger charge is 2.37. The number of carbonyl (C=O) groups is 3. The van der Waals surface area contributed by atoms with Crippen LogP contribution in [0.3, 0.4) is 0 Å². The summed E-state index contributed by atoms with van der Waals surface area (Å²) in [6.45, 7) is 0.488. The largest absolute Gasteiger partial charge is 0.489 e. The topological polar surface area (TPSA) is 84.9 Å². The highest BCUT2D eigenvalue weighted by molar-refractivity contribution is 6.42. The molecule has 0 saturated carbocycles. The number of ether oxygens (including phenoxy) is 2. The second-order valence-corrected chi connectivity index (χ2v) is 10.2. The molecule has 1 heterocycles. The third-order valence-electron chi connectivity index (χ3n) is 6.11. The standard InChI is InChI=1S/C31H21Cl3N2O5/c32-22-8-5-19(6-9-22)17-40-24-12-10-23(11-13-24)36-30(38)25(29(37)35-31(36)39)16-21-3-1-2-4-28(21)41-18-20-7-14-26(33)27(34)15-20/h1-16H,17-18H2,(H,35,37,39)/b25-16+. The monoisotopic (exact) mass is 606 g/mol. The maximum atomic E-state index is 13.4. The molecule has 1 N–H and O–H groups in total. The van der Waals surface area contributed by atoms with Gasteiger partial charge in [0, 0.05) is 10.6 Å². The number of urea groups is 1. The second kappa shape index (κ2) is 12.5. The van der Waals surface area contributed by atoms with Crippen molar-refractivity contribution in [3.8, 4) is 11.5 Å². The number of anilines is 1. The molecule has 0 atom stereocenters. The summed E-state index contributed by atoms with van der Waals surface area (Å²) in [4.78, 5) is 39.7. The van der Waals surface area contributed by atoms with Gasteiger partial charge in [-0.2, -0.15) is 0 Å². The van der Waals surface area contributed by atoms with Crippen molar-refractivity contribution < 1.29 is 23.9 Å². The summed E-state index contributed by atoms with van der Waals surface area (Å²) in [6.07, 6.45) is 1.39. The molecule has 4 aromatic carbocycles. The van der Waals surface area contributed by atoms with E-state index < -0.39 is 17.8 Å². The molecular weight excluding hydrogens is 587 g/mol. The number of halogens is 3. The zero-order chi connectivity index (χ0) is 28.9. The third kappa shape index (κ3) is 6.72. The molecule has 0 aliphatic carbocycles. The third-order valence-corrected chi connectivity index (χ3v) is 7.10. The van der Waals surface area contributed by atoms with Crippen LogP contribution in [-0.4, -0.2) is 17.8 Å². The summed E-state index contributed by atoms with van der Waals surface area (Å²) in [5.41, 5.74) is 2.24. The summed E-state index contributed by atoms with van der Waals surface area (Å²) in [7, 11) is 0. The Balaban J connectivity index is 1.33. The van der Waals surface area contributed by atoms with E-state index in [4.69, 9.17) is 44.3 Å². The Morgan fingerprint density at radius 2 is 1.41 bits per heavy atom. The van der Waals surface area contributed by atoms with Crippen LogP contribution in [0.2, 0.25) is 15.1 Å². The molecule has 1 fully saturated rings. The average molecular weight is 608 g/mol. The Hall–Kier alpha value is -4.30.